The maximum atomic E-state index is 11.9. The SMILES string of the molecule is C[C@H](NC(=O)CCNC(=O)c1ccc(Cl)cc1)c1ccccn1. The number of carbonyl (C=O) groups is 2. The van der Waals surface area contributed by atoms with Crippen molar-refractivity contribution in [3.05, 3.63) is 64.9 Å². The Bertz CT molecular complexity index is 659. The number of carbonyl (C=O) groups excluding carboxylic acids is 2. The molecule has 0 aliphatic heterocycles. The molecule has 1 aromatic heterocycles. The van der Waals surface area contributed by atoms with Gasteiger partial charge in [-0.1, -0.05) is 17.7 Å². The largest absolute Gasteiger partial charge is 0.352 e. The molecule has 2 rings (SSSR count). The number of hydrogen-bond donors (Lipinski definition) is 2. The molecule has 0 unspecified atom stereocenters. The molecule has 1 aromatic carbocycles. The number of aromatic nitrogens is 1. The molecule has 2 N–H and O–H groups in total. The van der Waals surface area contributed by atoms with Gasteiger partial charge in [-0.2, -0.15) is 0 Å². The topological polar surface area (TPSA) is 71.1 Å². The van der Waals surface area contributed by atoms with E-state index in [1.807, 2.05) is 25.1 Å². The van der Waals surface area contributed by atoms with Crippen LogP contribution in [0.5, 0.6) is 0 Å². The van der Waals surface area contributed by atoms with E-state index in [4.69, 9.17) is 11.6 Å². The number of nitrogens with zero attached hydrogens (tertiary/aromatic N) is 1. The second kappa shape index (κ2) is 8.29. The Balaban J connectivity index is 1.74. The van der Waals surface area contributed by atoms with Gasteiger partial charge in [-0.25, -0.2) is 0 Å². The summed E-state index contributed by atoms with van der Waals surface area (Å²) in [5.41, 5.74) is 1.31. The fourth-order valence-electron chi connectivity index (χ4n) is 2.01. The molecule has 1 heterocycles. The third-order valence-electron chi connectivity index (χ3n) is 3.25. The van der Waals surface area contributed by atoms with E-state index < -0.39 is 0 Å². The van der Waals surface area contributed by atoms with Crippen molar-refractivity contribution < 1.29 is 9.59 Å². The van der Waals surface area contributed by atoms with Crippen LogP contribution in [0.25, 0.3) is 0 Å². The van der Waals surface area contributed by atoms with Crippen LogP contribution >= 0.6 is 11.6 Å². The van der Waals surface area contributed by atoms with Crippen LogP contribution in [0.15, 0.2) is 48.7 Å². The van der Waals surface area contributed by atoms with E-state index in [0.717, 1.165) is 5.69 Å². The van der Waals surface area contributed by atoms with Crippen molar-refractivity contribution in [3.8, 4) is 0 Å². The van der Waals surface area contributed by atoms with Crippen molar-refractivity contribution in [3.63, 3.8) is 0 Å². The van der Waals surface area contributed by atoms with Gasteiger partial charge in [-0.05, 0) is 43.3 Å². The molecule has 0 fully saturated rings. The van der Waals surface area contributed by atoms with E-state index in [2.05, 4.69) is 15.6 Å². The molecule has 2 amide bonds. The minimum atomic E-state index is -0.229. The number of benzene rings is 1. The highest BCUT2D eigenvalue weighted by atomic mass is 35.5. The minimum absolute atomic E-state index is 0.139. The van der Waals surface area contributed by atoms with Gasteiger partial charge >= 0.3 is 0 Å². The standard InChI is InChI=1S/C17H18ClN3O2/c1-12(15-4-2-3-10-19-15)21-16(22)9-11-20-17(23)13-5-7-14(18)8-6-13/h2-8,10,12H,9,11H2,1H3,(H,20,23)(H,21,22)/t12-/m0/s1. The summed E-state index contributed by atoms with van der Waals surface area (Å²) < 4.78 is 0. The van der Waals surface area contributed by atoms with Crippen molar-refractivity contribution in [1.82, 2.24) is 15.6 Å². The monoisotopic (exact) mass is 331 g/mol. The number of nitrogens with one attached hydrogen (secondary N) is 2. The molecule has 2 aromatic rings. The fourth-order valence-corrected chi connectivity index (χ4v) is 2.14. The van der Waals surface area contributed by atoms with Gasteiger partial charge < -0.3 is 10.6 Å². The van der Waals surface area contributed by atoms with Gasteiger partial charge in [0.15, 0.2) is 0 Å². The second-order valence-corrected chi connectivity index (χ2v) is 5.49. The van der Waals surface area contributed by atoms with Gasteiger partial charge in [0, 0.05) is 29.7 Å². The summed E-state index contributed by atoms with van der Waals surface area (Å²) in [5, 5.41) is 6.12. The Morgan fingerprint density at radius 1 is 1.17 bits per heavy atom. The maximum Gasteiger partial charge on any atom is 0.251 e. The first-order valence-electron chi connectivity index (χ1n) is 7.30. The van der Waals surface area contributed by atoms with Crippen molar-refractivity contribution in [2.45, 2.75) is 19.4 Å². The van der Waals surface area contributed by atoms with Crippen LogP contribution in [-0.4, -0.2) is 23.3 Å². The molecule has 23 heavy (non-hydrogen) atoms. The number of hydrogen-bond acceptors (Lipinski definition) is 3. The predicted molar refractivity (Wildman–Crippen MR) is 89.2 cm³/mol. The summed E-state index contributed by atoms with van der Waals surface area (Å²) in [6.45, 7) is 2.13. The summed E-state index contributed by atoms with van der Waals surface area (Å²) >= 11 is 5.77. The van der Waals surface area contributed by atoms with E-state index in [1.165, 1.54) is 0 Å². The zero-order valence-corrected chi connectivity index (χ0v) is 13.5. The van der Waals surface area contributed by atoms with Gasteiger partial charge in [0.05, 0.1) is 11.7 Å². The molecular weight excluding hydrogens is 314 g/mol. The normalized spacial score (nSPS) is 11.6. The maximum absolute atomic E-state index is 11.9. The van der Waals surface area contributed by atoms with Crippen LogP contribution in [-0.2, 0) is 4.79 Å². The molecule has 0 spiro atoms. The molecule has 120 valence electrons. The van der Waals surface area contributed by atoms with Gasteiger partial charge in [-0.15, -0.1) is 0 Å². The zero-order chi connectivity index (χ0) is 16.7. The van der Waals surface area contributed by atoms with Gasteiger partial charge in [0.1, 0.15) is 0 Å². The lowest BCUT2D eigenvalue weighted by Gasteiger charge is -2.13. The zero-order valence-electron chi connectivity index (χ0n) is 12.8. The summed E-state index contributed by atoms with van der Waals surface area (Å²) in [6.07, 6.45) is 1.89. The first-order valence-corrected chi connectivity index (χ1v) is 7.68. The summed E-state index contributed by atoms with van der Waals surface area (Å²) in [4.78, 5) is 28.0. The number of amides is 2. The van der Waals surface area contributed by atoms with Crippen molar-refractivity contribution in [1.29, 1.82) is 0 Å². The lowest BCUT2D eigenvalue weighted by molar-refractivity contribution is -0.121. The second-order valence-electron chi connectivity index (χ2n) is 5.06. The third kappa shape index (κ3) is 5.38. The third-order valence-corrected chi connectivity index (χ3v) is 3.50. The molecule has 0 aliphatic rings. The average molecular weight is 332 g/mol. The van der Waals surface area contributed by atoms with E-state index in [-0.39, 0.29) is 30.8 Å². The van der Waals surface area contributed by atoms with Crippen molar-refractivity contribution >= 4 is 23.4 Å². The molecule has 1 atom stereocenters. The average Bonchev–Trinajstić information content (AvgIpc) is 2.56. The van der Waals surface area contributed by atoms with Crippen LogP contribution in [0.4, 0.5) is 0 Å². The number of pyridine rings is 1. The first kappa shape index (κ1) is 17.0. The molecule has 0 saturated heterocycles. The lowest BCUT2D eigenvalue weighted by atomic mass is 10.2. The minimum Gasteiger partial charge on any atom is -0.352 e. The van der Waals surface area contributed by atoms with E-state index >= 15 is 0 Å². The molecule has 6 heteroatoms. The Hall–Kier alpha value is -2.40. The predicted octanol–water partition coefficient (Wildman–Crippen LogP) is 2.73. The fraction of sp³-hybridized carbons (Fsp3) is 0.235. The Kier molecular flexibility index (Phi) is 6.11. The van der Waals surface area contributed by atoms with Crippen molar-refractivity contribution in [2.24, 2.45) is 0 Å². The quantitative estimate of drug-likeness (QED) is 0.855. The van der Waals surface area contributed by atoms with E-state index in [1.54, 1.807) is 30.5 Å². The van der Waals surface area contributed by atoms with Crippen LogP contribution < -0.4 is 10.6 Å². The van der Waals surface area contributed by atoms with Crippen LogP contribution in [0, 0.1) is 0 Å². The van der Waals surface area contributed by atoms with Crippen LogP contribution in [0.3, 0.4) is 0 Å². The summed E-state index contributed by atoms with van der Waals surface area (Å²) in [7, 11) is 0. The van der Waals surface area contributed by atoms with Gasteiger partial charge in [0.2, 0.25) is 5.91 Å². The van der Waals surface area contributed by atoms with Gasteiger partial charge in [-0.3, -0.25) is 14.6 Å². The lowest BCUT2D eigenvalue weighted by Crippen LogP contribution is -2.32. The molecule has 0 saturated carbocycles. The van der Waals surface area contributed by atoms with E-state index in [9.17, 15) is 9.59 Å². The smallest absolute Gasteiger partial charge is 0.251 e. The first-order chi connectivity index (χ1) is 11.1. The molecular formula is C17H18ClN3O2. The van der Waals surface area contributed by atoms with Gasteiger partial charge in [0.25, 0.3) is 5.91 Å². The highest BCUT2D eigenvalue weighted by Gasteiger charge is 2.11. The highest BCUT2D eigenvalue weighted by molar-refractivity contribution is 6.30. The Morgan fingerprint density at radius 2 is 1.91 bits per heavy atom. The molecule has 0 bridgehead atoms. The van der Waals surface area contributed by atoms with Crippen molar-refractivity contribution in [2.75, 3.05) is 6.54 Å². The van der Waals surface area contributed by atoms with Crippen LogP contribution in [0.2, 0.25) is 5.02 Å². The summed E-state index contributed by atoms with van der Waals surface area (Å²) in [5.74, 6) is -0.369. The molecule has 5 nitrogen and oxygen atoms in total. The van der Waals surface area contributed by atoms with Crippen LogP contribution in [0.1, 0.15) is 35.4 Å². The molecule has 0 radical (unpaired) electrons. The number of halogens is 1. The summed E-state index contributed by atoms with van der Waals surface area (Å²) in [6, 6.07) is 12.0. The Morgan fingerprint density at radius 3 is 2.57 bits per heavy atom. The highest BCUT2D eigenvalue weighted by Crippen LogP contribution is 2.09. The number of rotatable bonds is 6. The van der Waals surface area contributed by atoms with E-state index in [0.29, 0.717) is 10.6 Å². The Labute approximate surface area is 140 Å². The molecule has 0 aliphatic carbocycles.